The molecule has 1 saturated heterocycles. The smallest absolute Gasteiger partial charge is 0.174 e. The number of nitrogens with one attached hydrogen (secondary N) is 1. The van der Waals surface area contributed by atoms with E-state index in [2.05, 4.69) is 78.9 Å². The number of hydrogen-bond acceptors (Lipinski definition) is 3. The number of aryl methyl sites for hydroxylation is 2. The standard InChI is InChI=1S/C29H30N4OS/c1-18-10-8-14-26(20(18)3)32-19(2)16-24(21(32)4)28-27(25-13-6-7-15-30-25)31-29(35)33(28)22-11-9-12-23(17-22)34-5/h6-17,27-28H,1-5H3,(H,31,35). The molecule has 0 bridgehead atoms. The van der Waals surface area contributed by atoms with Crippen molar-refractivity contribution in [3.8, 4) is 11.4 Å². The number of benzene rings is 2. The summed E-state index contributed by atoms with van der Waals surface area (Å²) in [6, 6.07) is 22.7. The number of aromatic nitrogens is 2. The van der Waals surface area contributed by atoms with Crippen LogP contribution < -0.4 is 15.0 Å². The second-order valence-electron chi connectivity index (χ2n) is 9.08. The van der Waals surface area contributed by atoms with Crippen molar-refractivity contribution in [2.24, 2.45) is 0 Å². The molecule has 1 aliphatic heterocycles. The Labute approximate surface area is 212 Å². The van der Waals surface area contributed by atoms with Crippen LogP contribution in [0.3, 0.4) is 0 Å². The topological polar surface area (TPSA) is 42.3 Å². The van der Waals surface area contributed by atoms with Crippen LogP contribution >= 0.6 is 12.2 Å². The van der Waals surface area contributed by atoms with E-state index in [9.17, 15) is 0 Å². The summed E-state index contributed by atoms with van der Waals surface area (Å²) in [6.07, 6.45) is 1.84. The minimum absolute atomic E-state index is 0.0745. The SMILES string of the molecule is COc1cccc(N2C(=S)NC(c3ccccn3)C2c2cc(C)n(-c3cccc(C)c3C)c2C)c1. The number of hydrogen-bond donors (Lipinski definition) is 1. The van der Waals surface area contributed by atoms with E-state index in [0.717, 1.165) is 17.1 Å². The van der Waals surface area contributed by atoms with E-state index in [1.807, 2.05) is 36.5 Å². The Morgan fingerprint density at radius 3 is 2.49 bits per heavy atom. The zero-order valence-corrected chi connectivity index (χ0v) is 21.6. The van der Waals surface area contributed by atoms with Gasteiger partial charge in [-0.15, -0.1) is 0 Å². The van der Waals surface area contributed by atoms with Crippen molar-refractivity contribution in [2.45, 2.75) is 39.8 Å². The predicted molar refractivity (Wildman–Crippen MR) is 146 cm³/mol. The van der Waals surface area contributed by atoms with Gasteiger partial charge in [0.1, 0.15) is 5.75 Å². The molecule has 0 saturated carbocycles. The third kappa shape index (κ3) is 3.98. The molecule has 0 amide bonds. The molecular formula is C29H30N4OS. The predicted octanol–water partition coefficient (Wildman–Crippen LogP) is 6.29. The second kappa shape index (κ2) is 9.19. The van der Waals surface area contributed by atoms with Gasteiger partial charge in [0, 0.05) is 35.0 Å². The Bertz CT molecular complexity index is 1400. The number of ether oxygens (including phenoxy) is 1. The number of thiocarbonyl (C=S) groups is 1. The zero-order chi connectivity index (χ0) is 24.7. The highest BCUT2D eigenvalue weighted by atomic mass is 32.1. The van der Waals surface area contributed by atoms with Crippen LogP contribution in [0.25, 0.3) is 5.69 Å². The van der Waals surface area contributed by atoms with Crippen LogP contribution in [0, 0.1) is 27.7 Å². The molecule has 2 atom stereocenters. The van der Waals surface area contributed by atoms with Crippen molar-refractivity contribution >= 4 is 23.0 Å². The average Bonchev–Trinajstić information content (AvgIpc) is 3.36. The van der Waals surface area contributed by atoms with Crippen LogP contribution in [0.1, 0.15) is 45.9 Å². The minimum atomic E-state index is -0.0949. The van der Waals surface area contributed by atoms with Gasteiger partial charge in [-0.3, -0.25) is 4.98 Å². The first-order valence-corrected chi connectivity index (χ1v) is 12.2. The first kappa shape index (κ1) is 23.1. The summed E-state index contributed by atoms with van der Waals surface area (Å²) >= 11 is 5.91. The van der Waals surface area contributed by atoms with E-state index in [4.69, 9.17) is 21.9 Å². The lowest BCUT2D eigenvalue weighted by atomic mass is 9.96. The third-order valence-electron chi connectivity index (χ3n) is 7.04. The molecule has 0 spiro atoms. The molecule has 0 radical (unpaired) electrons. The maximum atomic E-state index is 5.91. The van der Waals surface area contributed by atoms with Crippen LogP contribution in [0.5, 0.6) is 5.75 Å². The van der Waals surface area contributed by atoms with Gasteiger partial charge in [-0.25, -0.2) is 0 Å². The molecule has 1 aliphatic rings. The fourth-order valence-corrected chi connectivity index (χ4v) is 5.49. The highest BCUT2D eigenvalue weighted by molar-refractivity contribution is 7.80. The quantitative estimate of drug-likeness (QED) is 0.339. The molecule has 2 unspecified atom stereocenters. The van der Waals surface area contributed by atoms with Gasteiger partial charge in [0.15, 0.2) is 5.11 Å². The van der Waals surface area contributed by atoms with Crippen LogP contribution in [-0.2, 0) is 0 Å². The van der Waals surface area contributed by atoms with E-state index in [1.165, 1.54) is 33.8 Å². The zero-order valence-electron chi connectivity index (χ0n) is 20.7. The van der Waals surface area contributed by atoms with Gasteiger partial charge in [-0.1, -0.05) is 24.3 Å². The summed E-state index contributed by atoms with van der Waals surface area (Å²) in [5.74, 6) is 0.797. The lowest BCUT2D eigenvalue weighted by Crippen LogP contribution is -2.29. The van der Waals surface area contributed by atoms with Crippen LogP contribution in [0.15, 0.2) is 72.9 Å². The van der Waals surface area contributed by atoms with Crippen molar-refractivity contribution in [2.75, 3.05) is 12.0 Å². The lowest BCUT2D eigenvalue weighted by Gasteiger charge is -2.28. The van der Waals surface area contributed by atoms with E-state index >= 15 is 0 Å². The van der Waals surface area contributed by atoms with Gasteiger partial charge in [0.05, 0.1) is 24.9 Å². The van der Waals surface area contributed by atoms with Crippen LogP contribution in [0.4, 0.5) is 5.69 Å². The second-order valence-corrected chi connectivity index (χ2v) is 9.47. The summed E-state index contributed by atoms with van der Waals surface area (Å²) in [5.41, 5.74) is 9.33. The van der Waals surface area contributed by atoms with Gasteiger partial charge < -0.3 is 19.5 Å². The lowest BCUT2D eigenvalue weighted by molar-refractivity contribution is 0.415. The molecule has 5 nitrogen and oxygen atoms in total. The van der Waals surface area contributed by atoms with Crippen LogP contribution in [-0.4, -0.2) is 21.8 Å². The Morgan fingerprint density at radius 1 is 0.943 bits per heavy atom. The summed E-state index contributed by atoms with van der Waals surface area (Å²) < 4.78 is 7.88. The number of rotatable bonds is 5. The van der Waals surface area contributed by atoms with Gasteiger partial charge >= 0.3 is 0 Å². The molecule has 3 heterocycles. The van der Waals surface area contributed by atoms with E-state index < -0.39 is 0 Å². The first-order valence-electron chi connectivity index (χ1n) is 11.8. The van der Waals surface area contributed by atoms with Crippen molar-refractivity contribution in [3.05, 3.63) is 107 Å². The summed E-state index contributed by atoms with van der Waals surface area (Å²) in [6.45, 7) is 8.72. The maximum absolute atomic E-state index is 5.91. The molecule has 5 rings (SSSR count). The van der Waals surface area contributed by atoms with Crippen molar-refractivity contribution in [1.82, 2.24) is 14.9 Å². The Hall–Kier alpha value is -3.64. The third-order valence-corrected chi connectivity index (χ3v) is 7.35. The van der Waals surface area contributed by atoms with Gasteiger partial charge in [0.25, 0.3) is 0 Å². The van der Waals surface area contributed by atoms with Crippen molar-refractivity contribution < 1.29 is 4.74 Å². The Balaban J connectivity index is 1.70. The molecular weight excluding hydrogens is 452 g/mol. The summed E-state index contributed by atoms with van der Waals surface area (Å²) in [5, 5.41) is 4.24. The molecule has 4 aromatic rings. The summed E-state index contributed by atoms with van der Waals surface area (Å²) in [4.78, 5) is 6.90. The van der Waals surface area contributed by atoms with E-state index in [-0.39, 0.29) is 12.1 Å². The molecule has 2 aromatic heterocycles. The average molecular weight is 483 g/mol. The normalized spacial score (nSPS) is 17.5. The van der Waals surface area contributed by atoms with Gasteiger partial charge in [-0.2, -0.15) is 0 Å². The Kier molecular flexibility index (Phi) is 6.07. The maximum Gasteiger partial charge on any atom is 0.174 e. The van der Waals surface area contributed by atoms with Gasteiger partial charge in [-0.05, 0) is 93.0 Å². The highest BCUT2D eigenvalue weighted by Gasteiger charge is 2.42. The molecule has 2 aromatic carbocycles. The Morgan fingerprint density at radius 2 is 1.74 bits per heavy atom. The van der Waals surface area contributed by atoms with Crippen LogP contribution in [0.2, 0.25) is 0 Å². The first-order chi connectivity index (χ1) is 16.9. The largest absolute Gasteiger partial charge is 0.497 e. The van der Waals surface area contributed by atoms with Gasteiger partial charge in [0.2, 0.25) is 0 Å². The number of anilines is 1. The number of methoxy groups -OCH3 is 1. The van der Waals surface area contributed by atoms with Crippen molar-refractivity contribution in [3.63, 3.8) is 0 Å². The minimum Gasteiger partial charge on any atom is -0.497 e. The van der Waals surface area contributed by atoms with Crippen molar-refractivity contribution in [1.29, 1.82) is 0 Å². The molecule has 35 heavy (non-hydrogen) atoms. The molecule has 1 N–H and O–H groups in total. The molecule has 178 valence electrons. The van der Waals surface area contributed by atoms with E-state index in [1.54, 1.807) is 7.11 Å². The highest BCUT2D eigenvalue weighted by Crippen LogP contribution is 2.44. The fourth-order valence-electron chi connectivity index (χ4n) is 5.14. The fraction of sp³-hybridized carbons (Fsp3) is 0.241. The number of pyridine rings is 1. The molecule has 6 heteroatoms. The number of nitrogens with zero attached hydrogens (tertiary/aromatic N) is 3. The monoisotopic (exact) mass is 482 g/mol. The molecule has 1 fully saturated rings. The summed E-state index contributed by atoms with van der Waals surface area (Å²) in [7, 11) is 1.69. The van der Waals surface area contributed by atoms with E-state index in [0.29, 0.717) is 5.11 Å². The molecule has 0 aliphatic carbocycles.